The van der Waals surface area contributed by atoms with Gasteiger partial charge in [-0.3, -0.25) is 4.79 Å². The number of anilines is 2. The van der Waals surface area contributed by atoms with E-state index in [1.54, 1.807) is 0 Å². The number of rotatable bonds is 14. The minimum Gasteiger partial charge on any atom is -0.494 e. The van der Waals surface area contributed by atoms with Crippen molar-refractivity contribution in [3.05, 3.63) is 48.5 Å². The Balaban J connectivity index is 1.71. The smallest absolute Gasteiger partial charge is 0.243 e. The number of amides is 1. The third-order valence-corrected chi connectivity index (χ3v) is 4.85. The van der Waals surface area contributed by atoms with Crippen LogP contribution in [0.5, 0.6) is 11.5 Å². The first-order valence-corrected chi connectivity index (χ1v) is 11.1. The van der Waals surface area contributed by atoms with E-state index in [1.165, 1.54) is 25.7 Å². The third-order valence-electron chi connectivity index (χ3n) is 4.85. The first kappa shape index (κ1) is 23.6. The standard InChI is InChI=1S/C25H36N2O3/c1-4-6-7-8-9-17-29-23-15-13-21(14-16-23)26-19-25(28)27-22-11-10-12-24(18-22)30-20(3)5-2/h10-16,18,20,26H,4-9,17,19H2,1-3H3,(H,27,28). The van der Waals surface area contributed by atoms with E-state index in [0.717, 1.165) is 42.3 Å². The monoisotopic (exact) mass is 412 g/mol. The van der Waals surface area contributed by atoms with Crippen molar-refractivity contribution in [2.45, 2.75) is 65.4 Å². The summed E-state index contributed by atoms with van der Waals surface area (Å²) in [7, 11) is 0. The van der Waals surface area contributed by atoms with Crippen LogP contribution in [-0.4, -0.2) is 25.2 Å². The van der Waals surface area contributed by atoms with Crippen LogP contribution in [0.4, 0.5) is 11.4 Å². The average molecular weight is 413 g/mol. The molecule has 0 aliphatic carbocycles. The molecule has 0 bridgehead atoms. The predicted molar refractivity (Wildman–Crippen MR) is 125 cm³/mol. The minimum absolute atomic E-state index is 0.108. The Morgan fingerprint density at radius 1 is 0.933 bits per heavy atom. The first-order valence-electron chi connectivity index (χ1n) is 11.1. The minimum atomic E-state index is -0.108. The van der Waals surface area contributed by atoms with Gasteiger partial charge in [-0.1, -0.05) is 45.6 Å². The van der Waals surface area contributed by atoms with E-state index in [-0.39, 0.29) is 18.6 Å². The van der Waals surface area contributed by atoms with Crippen molar-refractivity contribution in [2.24, 2.45) is 0 Å². The quantitative estimate of drug-likeness (QED) is 0.359. The third kappa shape index (κ3) is 9.21. The van der Waals surface area contributed by atoms with Crippen molar-refractivity contribution in [3.8, 4) is 11.5 Å². The number of hydrogen-bond donors (Lipinski definition) is 2. The van der Waals surface area contributed by atoms with Crippen molar-refractivity contribution >= 4 is 17.3 Å². The molecule has 5 nitrogen and oxygen atoms in total. The van der Waals surface area contributed by atoms with Crippen LogP contribution >= 0.6 is 0 Å². The maximum atomic E-state index is 12.3. The zero-order valence-electron chi connectivity index (χ0n) is 18.6. The molecule has 0 radical (unpaired) electrons. The lowest BCUT2D eigenvalue weighted by molar-refractivity contribution is -0.114. The molecule has 0 saturated carbocycles. The lowest BCUT2D eigenvalue weighted by Crippen LogP contribution is -2.21. The summed E-state index contributed by atoms with van der Waals surface area (Å²) >= 11 is 0. The molecule has 0 heterocycles. The van der Waals surface area contributed by atoms with Crippen molar-refractivity contribution in [3.63, 3.8) is 0 Å². The van der Waals surface area contributed by atoms with Crippen molar-refractivity contribution < 1.29 is 14.3 Å². The van der Waals surface area contributed by atoms with E-state index >= 15 is 0 Å². The summed E-state index contributed by atoms with van der Waals surface area (Å²) in [6, 6.07) is 15.2. The molecule has 164 valence electrons. The number of hydrogen-bond acceptors (Lipinski definition) is 4. The van der Waals surface area contributed by atoms with Gasteiger partial charge >= 0.3 is 0 Å². The van der Waals surface area contributed by atoms with Crippen LogP contribution in [0.1, 0.15) is 59.3 Å². The van der Waals surface area contributed by atoms with Gasteiger partial charge < -0.3 is 20.1 Å². The Morgan fingerprint density at radius 3 is 2.43 bits per heavy atom. The maximum absolute atomic E-state index is 12.3. The number of carbonyl (C=O) groups is 1. The topological polar surface area (TPSA) is 59.6 Å². The molecule has 0 aromatic heterocycles. The molecule has 0 aliphatic heterocycles. The van der Waals surface area contributed by atoms with Crippen molar-refractivity contribution in [1.29, 1.82) is 0 Å². The Morgan fingerprint density at radius 2 is 1.70 bits per heavy atom. The normalized spacial score (nSPS) is 11.6. The highest BCUT2D eigenvalue weighted by atomic mass is 16.5. The van der Waals surface area contributed by atoms with Crippen LogP contribution in [0.15, 0.2) is 48.5 Å². The number of ether oxygens (including phenoxy) is 2. The molecular formula is C25H36N2O3. The van der Waals surface area contributed by atoms with Crippen LogP contribution in [0.2, 0.25) is 0 Å². The zero-order valence-corrected chi connectivity index (χ0v) is 18.6. The fourth-order valence-corrected chi connectivity index (χ4v) is 2.91. The fourth-order valence-electron chi connectivity index (χ4n) is 2.91. The number of unbranched alkanes of at least 4 members (excludes halogenated alkanes) is 4. The molecule has 1 unspecified atom stereocenters. The Bertz CT molecular complexity index is 746. The molecule has 2 aromatic carbocycles. The summed E-state index contributed by atoms with van der Waals surface area (Å²) in [6.45, 7) is 7.26. The Kier molecular flexibility index (Phi) is 10.6. The van der Waals surface area contributed by atoms with Crippen LogP contribution in [0, 0.1) is 0 Å². The van der Waals surface area contributed by atoms with Crippen molar-refractivity contribution in [2.75, 3.05) is 23.8 Å². The molecule has 2 N–H and O–H groups in total. The van der Waals surface area contributed by atoms with Crippen LogP contribution < -0.4 is 20.1 Å². The molecule has 0 spiro atoms. The van der Waals surface area contributed by atoms with Gasteiger partial charge in [0.2, 0.25) is 5.91 Å². The second kappa shape index (κ2) is 13.5. The highest BCUT2D eigenvalue weighted by Gasteiger charge is 2.06. The van der Waals surface area contributed by atoms with E-state index in [1.807, 2.05) is 55.5 Å². The maximum Gasteiger partial charge on any atom is 0.243 e. The summed E-state index contributed by atoms with van der Waals surface area (Å²) in [5.74, 6) is 1.51. The average Bonchev–Trinajstić information content (AvgIpc) is 2.75. The molecule has 1 atom stereocenters. The van der Waals surface area contributed by atoms with Crippen LogP contribution in [0.25, 0.3) is 0 Å². The van der Waals surface area contributed by atoms with Gasteiger partial charge in [-0.2, -0.15) is 0 Å². The van der Waals surface area contributed by atoms with Gasteiger partial charge in [0.05, 0.1) is 19.3 Å². The van der Waals surface area contributed by atoms with E-state index < -0.39 is 0 Å². The van der Waals surface area contributed by atoms with Crippen LogP contribution in [-0.2, 0) is 4.79 Å². The molecule has 0 saturated heterocycles. The van der Waals surface area contributed by atoms with Gasteiger partial charge in [-0.15, -0.1) is 0 Å². The molecule has 0 aliphatic rings. The van der Waals surface area contributed by atoms with E-state index in [4.69, 9.17) is 9.47 Å². The predicted octanol–water partition coefficient (Wildman–Crippen LogP) is 6.26. The molecule has 30 heavy (non-hydrogen) atoms. The van der Waals surface area contributed by atoms with Gasteiger partial charge in [-0.05, 0) is 56.2 Å². The molecule has 2 aromatic rings. The summed E-state index contributed by atoms with van der Waals surface area (Å²) in [5, 5.41) is 6.04. The van der Waals surface area contributed by atoms with E-state index in [0.29, 0.717) is 0 Å². The number of nitrogens with one attached hydrogen (secondary N) is 2. The Labute approximate surface area is 181 Å². The molecular weight excluding hydrogens is 376 g/mol. The molecule has 5 heteroatoms. The van der Waals surface area contributed by atoms with Gasteiger partial charge in [0.1, 0.15) is 11.5 Å². The summed E-state index contributed by atoms with van der Waals surface area (Å²) in [4.78, 5) is 12.3. The van der Waals surface area contributed by atoms with Gasteiger partial charge in [0.25, 0.3) is 0 Å². The lowest BCUT2D eigenvalue weighted by atomic mass is 10.2. The second-order valence-corrected chi connectivity index (χ2v) is 7.55. The molecule has 1 amide bonds. The zero-order chi connectivity index (χ0) is 21.6. The van der Waals surface area contributed by atoms with Crippen molar-refractivity contribution in [1.82, 2.24) is 0 Å². The highest BCUT2D eigenvalue weighted by molar-refractivity contribution is 5.93. The summed E-state index contributed by atoms with van der Waals surface area (Å²) in [6.07, 6.45) is 7.21. The van der Waals surface area contributed by atoms with Gasteiger partial charge in [0.15, 0.2) is 0 Å². The molecule has 2 rings (SSSR count). The fraction of sp³-hybridized carbons (Fsp3) is 0.480. The summed E-state index contributed by atoms with van der Waals surface area (Å²) < 4.78 is 11.6. The second-order valence-electron chi connectivity index (χ2n) is 7.55. The largest absolute Gasteiger partial charge is 0.494 e. The highest BCUT2D eigenvalue weighted by Crippen LogP contribution is 2.20. The van der Waals surface area contributed by atoms with E-state index in [9.17, 15) is 4.79 Å². The lowest BCUT2D eigenvalue weighted by Gasteiger charge is -2.14. The van der Waals surface area contributed by atoms with Crippen LogP contribution in [0.3, 0.4) is 0 Å². The number of benzene rings is 2. The first-order chi connectivity index (χ1) is 14.6. The summed E-state index contributed by atoms with van der Waals surface area (Å²) in [5.41, 5.74) is 1.61. The Hall–Kier alpha value is -2.69. The van der Waals surface area contributed by atoms with Gasteiger partial charge in [-0.25, -0.2) is 0 Å². The molecule has 0 fully saturated rings. The number of carbonyl (C=O) groups excluding carboxylic acids is 1. The SMILES string of the molecule is CCCCCCCOc1ccc(NCC(=O)Nc2cccc(OC(C)CC)c2)cc1. The van der Waals surface area contributed by atoms with E-state index in [2.05, 4.69) is 24.5 Å². The van der Waals surface area contributed by atoms with Gasteiger partial charge in [0, 0.05) is 17.4 Å².